The summed E-state index contributed by atoms with van der Waals surface area (Å²) in [6.45, 7) is 5.98. The SMILES string of the molecule is CCC(NC(C)C)C(O)c1ccc(OC(=O)c2ccc(F)cc2)c2[nH]c(=O)ccc12. The van der Waals surface area contributed by atoms with Crippen LogP contribution in [0.5, 0.6) is 5.75 Å². The van der Waals surface area contributed by atoms with Gasteiger partial charge in [-0.05, 0) is 48.4 Å². The van der Waals surface area contributed by atoms with Crippen LogP contribution in [0.25, 0.3) is 10.9 Å². The molecule has 0 saturated heterocycles. The third-order valence-corrected chi connectivity index (χ3v) is 4.86. The first-order valence-electron chi connectivity index (χ1n) is 9.88. The number of nitrogens with one attached hydrogen (secondary N) is 2. The Hall–Kier alpha value is -3.03. The Labute approximate surface area is 173 Å². The van der Waals surface area contributed by atoms with E-state index in [1.807, 2.05) is 20.8 Å². The number of hydrogen-bond donors (Lipinski definition) is 3. The number of hydrogen-bond acceptors (Lipinski definition) is 5. The van der Waals surface area contributed by atoms with Crippen molar-refractivity contribution in [2.45, 2.75) is 45.4 Å². The van der Waals surface area contributed by atoms with Crippen LogP contribution in [0.1, 0.15) is 49.2 Å². The number of benzene rings is 2. The maximum absolute atomic E-state index is 13.1. The van der Waals surface area contributed by atoms with Crippen molar-refractivity contribution in [3.8, 4) is 5.75 Å². The average Bonchev–Trinajstić information content (AvgIpc) is 2.72. The molecule has 0 aliphatic heterocycles. The van der Waals surface area contributed by atoms with Gasteiger partial charge in [0.1, 0.15) is 5.82 Å². The second-order valence-corrected chi connectivity index (χ2v) is 7.44. The highest BCUT2D eigenvalue weighted by Crippen LogP contribution is 2.32. The first-order valence-corrected chi connectivity index (χ1v) is 9.88. The Morgan fingerprint density at radius 2 is 1.83 bits per heavy atom. The molecule has 3 N–H and O–H groups in total. The fourth-order valence-corrected chi connectivity index (χ4v) is 3.41. The maximum Gasteiger partial charge on any atom is 0.343 e. The lowest BCUT2D eigenvalue weighted by Crippen LogP contribution is -2.39. The molecule has 0 aliphatic rings. The number of carbonyl (C=O) groups is 1. The van der Waals surface area contributed by atoms with Crippen molar-refractivity contribution in [1.29, 1.82) is 0 Å². The monoisotopic (exact) mass is 412 g/mol. The van der Waals surface area contributed by atoms with E-state index in [9.17, 15) is 19.1 Å². The Morgan fingerprint density at radius 1 is 1.13 bits per heavy atom. The molecular weight excluding hydrogens is 387 g/mol. The molecule has 0 radical (unpaired) electrons. The fourth-order valence-electron chi connectivity index (χ4n) is 3.41. The number of esters is 1. The lowest BCUT2D eigenvalue weighted by Gasteiger charge is -2.26. The van der Waals surface area contributed by atoms with Crippen molar-refractivity contribution in [3.63, 3.8) is 0 Å². The topological polar surface area (TPSA) is 91.4 Å². The quantitative estimate of drug-likeness (QED) is 0.407. The Balaban J connectivity index is 2.01. The molecule has 0 bridgehead atoms. The summed E-state index contributed by atoms with van der Waals surface area (Å²) < 4.78 is 18.6. The second-order valence-electron chi connectivity index (χ2n) is 7.44. The number of pyridine rings is 1. The number of fused-ring (bicyclic) bond motifs is 1. The molecule has 3 rings (SSSR count). The van der Waals surface area contributed by atoms with Gasteiger partial charge in [0.25, 0.3) is 0 Å². The molecule has 0 fully saturated rings. The van der Waals surface area contributed by atoms with Crippen LogP contribution in [-0.2, 0) is 0 Å². The molecule has 7 heteroatoms. The smallest absolute Gasteiger partial charge is 0.343 e. The van der Waals surface area contributed by atoms with Gasteiger partial charge in [0.2, 0.25) is 5.56 Å². The van der Waals surface area contributed by atoms with E-state index in [4.69, 9.17) is 4.74 Å². The summed E-state index contributed by atoms with van der Waals surface area (Å²) in [6.07, 6.45) is -0.126. The van der Waals surface area contributed by atoms with E-state index in [2.05, 4.69) is 10.3 Å². The minimum absolute atomic E-state index is 0.151. The molecule has 2 unspecified atom stereocenters. The summed E-state index contributed by atoms with van der Waals surface area (Å²) in [4.78, 5) is 27.1. The van der Waals surface area contributed by atoms with Crippen LogP contribution in [-0.4, -0.2) is 28.1 Å². The van der Waals surface area contributed by atoms with Crippen LogP contribution in [0.3, 0.4) is 0 Å². The molecule has 2 aromatic carbocycles. The second kappa shape index (κ2) is 9.19. The number of aliphatic hydroxyl groups excluding tert-OH is 1. The van der Waals surface area contributed by atoms with E-state index in [-0.39, 0.29) is 29.0 Å². The van der Waals surface area contributed by atoms with Gasteiger partial charge in [-0.15, -0.1) is 0 Å². The molecule has 6 nitrogen and oxygen atoms in total. The van der Waals surface area contributed by atoms with E-state index >= 15 is 0 Å². The number of carbonyl (C=O) groups excluding carboxylic acids is 1. The van der Waals surface area contributed by atoms with Gasteiger partial charge in [0, 0.05) is 23.5 Å². The van der Waals surface area contributed by atoms with Crippen LogP contribution in [0.15, 0.2) is 53.3 Å². The van der Waals surface area contributed by atoms with Crippen LogP contribution < -0.4 is 15.6 Å². The van der Waals surface area contributed by atoms with Crippen molar-refractivity contribution in [3.05, 3.63) is 75.8 Å². The maximum atomic E-state index is 13.1. The number of aromatic amines is 1. The standard InChI is InChI=1S/C23H25FN2O4/c1-4-18(25-13(2)3)22(28)17-9-11-19(21-16(17)10-12-20(27)26-21)30-23(29)14-5-7-15(24)8-6-14/h5-13,18,22,25,28H,4H2,1-3H3,(H,26,27). The molecule has 2 atom stereocenters. The van der Waals surface area contributed by atoms with Gasteiger partial charge in [-0.3, -0.25) is 4.79 Å². The third kappa shape index (κ3) is 4.75. The fraction of sp³-hybridized carbons (Fsp3) is 0.304. The summed E-state index contributed by atoms with van der Waals surface area (Å²) in [5.41, 5.74) is 0.747. The Bertz CT molecular complexity index is 1090. The van der Waals surface area contributed by atoms with Crippen LogP contribution in [0, 0.1) is 5.82 Å². The van der Waals surface area contributed by atoms with Crippen molar-refractivity contribution in [2.75, 3.05) is 0 Å². The molecule has 30 heavy (non-hydrogen) atoms. The number of ether oxygens (including phenoxy) is 1. The molecule has 0 saturated carbocycles. The van der Waals surface area contributed by atoms with Gasteiger partial charge >= 0.3 is 5.97 Å². The Morgan fingerprint density at radius 3 is 2.47 bits per heavy atom. The summed E-state index contributed by atoms with van der Waals surface area (Å²) >= 11 is 0. The highest BCUT2D eigenvalue weighted by molar-refractivity contribution is 5.95. The van der Waals surface area contributed by atoms with Gasteiger partial charge < -0.3 is 20.1 Å². The minimum atomic E-state index is -0.826. The number of halogens is 1. The first kappa shape index (κ1) is 21.7. The summed E-state index contributed by atoms with van der Waals surface area (Å²) in [5.74, 6) is -0.986. The average molecular weight is 412 g/mol. The molecule has 1 aromatic heterocycles. The van der Waals surface area contributed by atoms with E-state index in [0.717, 1.165) is 0 Å². The number of H-pyrrole nitrogens is 1. The van der Waals surface area contributed by atoms with E-state index in [0.29, 0.717) is 22.9 Å². The van der Waals surface area contributed by atoms with Crippen molar-refractivity contribution < 1.29 is 19.0 Å². The molecule has 158 valence electrons. The predicted octanol–water partition coefficient (Wildman–Crippen LogP) is 3.70. The minimum Gasteiger partial charge on any atom is -0.421 e. The number of aromatic nitrogens is 1. The number of aliphatic hydroxyl groups is 1. The molecule has 0 spiro atoms. The third-order valence-electron chi connectivity index (χ3n) is 4.86. The van der Waals surface area contributed by atoms with Crippen LogP contribution in [0.2, 0.25) is 0 Å². The normalized spacial score (nSPS) is 13.4. The van der Waals surface area contributed by atoms with Gasteiger partial charge in [0.05, 0.1) is 17.2 Å². The summed E-state index contributed by atoms with van der Waals surface area (Å²) in [7, 11) is 0. The molecule has 0 amide bonds. The van der Waals surface area contributed by atoms with Crippen LogP contribution >= 0.6 is 0 Å². The van der Waals surface area contributed by atoms with Gasteiger partial charge in [-0.2, -0.15) is 0 Å². The predicted molar refractivity (Wildman–Crippen MR) is 113 cm³/mol. The van der Waals surface area contributed by atoms with Gasteiger partial charge in [-0.25, -0.2) is 9.18 Å². The molecular formula is C23H25FN2O4. The lowest BCUT2D eigenvalue weighted by atomic mass is 9.95. The van der Waals surface area contributed by atoms with Crippen molar-refractivity contribution in [1.82, 2.24) is 10.3 Å². The highest BCUT2D eigenvalue weighted by Gasteiger charge is 2.23. The molecule has 3 aromatic rings. The zero-order valence-corrected chi connectivity index (χ0v) is 17.1. The zero-order chi connectivity index (χ0) is 21.8. The Kier molecular flexibility index (Phi) is 6.64. The van der Waals surface area contributed by atoms with Gasteiger partial charge in [0.15, 0.2) is 5.75 Å². The van der Waals surface area contributed by atoms with E-state index in [1.54, 1.807) is 18.2 Å². The lowest BCUT2D eigenvalue weighted by molar-refractivity contribution is 0.0736. The molecule has 1 heterocycles. The molecule has 0 aliphatic carbocycles. The van der Waals surface area contributed by atoms with Gasteiger partial charge in [-0.1, -0.05) is 26.8 Å². The number of rotatable bonds is 7. The highest BCUT2D eigenvalue weighted by atomic mass is 19.1. The largest absolute Gasteiger partial charge is 0.421 e. The summed E-state index contributed by atoms with van der Waals surface area (Å²) in [5, 5.41) is 14.9. The van der Waals surface area contributed by atoms with E-state index in [1.165, 1.54) is 30.3 Å². The van der Waals surface area contributed by atoms with Crippen LogP contribution in [0.4, 0.5) is 4.39 Å². The zero-order valence-electron chi connectivity index (χ0n) is 17.1. The van der Waals surface area contributed by atoms with E-state index < -0.39 is 17.9 Å². The van der Waals surface area contributed by atoms with Crippen molar-refractivity contribution >= 4 is 16.9 Å². The first-order chi connectivity index (χ1) is 14.3. The summed E-state index contributed by atoms with van der Waals surface area (Å²) in [6, 6.07) is 11.2. The van der Waals surface area contributed by atoms with Crippen molar-refractivity contribution in [2.24, 2.45) is 0 Å².